The first kappa shape index (κ1) is 25.3. The van der Waals surface area contributed by atoms with Crippen molar-refractivity contribution in [2.24, 2.45) is 0 Å². The van der Waals surface area contributed by atoms with Crippen molar-refractivity contribution in [3.8, 4) is 11.5 Å². The van der Waals surface area contributed by atoms with Crippen LogP contribution in [0.15, 0.2) is 66.7 Å². The molecule has 0 saturated heterocycles. The van der Waals surface area contributed by atoms with Crippen LogP contribution in [0.3, 0.4) is 0 Å². The van der Waals surface area contributed by atoms with E-state index in [0.29, 0.717) is 6.07 Å². The van der Waals surface area contributed by atoms with Crippen LogP contribution in [-0.2, 0) is 12.7 Å². The Hall–Kier alpha value is -3.34. The molecular weight excluding hydrogens is 474 g/mol. The van der Waals surface area contributed by atoms with Gasteiger partial charge in [-0.3, -0.25) is 0 Å². The maximum atomic E-state index is 14.4. The number of hydrogen-bond acceptors (Lipinski definition) is 3. The molecule has 11 heteroatoms. The van der Waals surface area contributed by atoms with E-state index in [0.717, 1.165) is 23.1 Å². The van der Waals surface area contributed by atoms with Crippen LogP contribution in [0.25, 0.3) is 0 Å². The number of benzene rings is 3. The van der Waals surface area contributed by atoms with Gasteiger partial charge in [-0.15, -0.1) is 0 Å². The van der Waals surface area contributed by atoms with E-state index < -0.39 is 48.7 Å². The van der Waals surface area contributed by atoms with Gasteiger partial charge in [0.25, 0.3) is 0 Å². The van der Waals surface area contributed by atoms with Gasteiger partial charge in [-0.1, -0.05) is 12.1 Å². The average molecular weight is 491 g/mol. The number of nitrogens with zero attached hydrogens (tertiary/aromatic N) is 1. The highest BCUT2D eigenvalue weighted by Crippen LogP contribution is 2.32. The molecule has 0 amide bonds. The lowest BCUT2D eigenvalue weighted by Crippen LogP contribution is -2.41. The van der Waals surface area contributed by atoms with Gasteiger partial charge in [-0.25, -0.2) is 8.78 Å². The van der Waals surface area contributed by atoms with Crippen LogP contribution >= 0.6 is 0 Å². The summed E-state index contributed by atoms with van der Waals surface area (Å²) in [5.41, 5.74) is -1.49. The van der Waals surface area contributed by atoms with Gasteiger partial charge in [-0.2, -0.15) is 26.3 Å². The molecule has 0 heterocycles. The highest BCUT2D eigenvalue weighted by atomic mass is 19.4. The lowest BCUT2D eigenvalue weighted by Gasteiger charge is -2.29. The number of aliphatic hydroxyl groups is 1. The SMILES string of the molecule is OC(CN(Cc1ccc(C(F)(F)F)cc1F)c1cccc(Oc2ccc(F)cc2)c1)C(F)(F)F. The Balaban J connectivity index is 1.91. The highest BCUT2D eigenvalue weighted by Gasteiger charge is 2.39. The summed E-state index contributed by atoms with van der Waals surface area (Å²) in [6, 6.07) is 12.2. The van der Waals surface area contributed by atoms with Gasteiger partial charge in [0.05, 0.1) is 12.1 Å². The fraction of sp³-hybridized carbons (Fsp3) is 0.217. The first-order chi connectivity index (χ1) is 15.8. The standard InChI is InChI=1S/C23H17F8NO2/c24-16-6-8-18(9-7-16)34-19-3-1-2-17(11-19)32(13-21(33)23(29,30)31)12-14-4-5-15(10-20(14)25)22(26,27)28/h1-11,21,33H,12-13H2. The van der Waals surface area contributed by atoms with Crippen molar-refractivity contribution in [1.82, 2.24) is 0 Å². The van der Waals surface area contributed by atoms with Crippen LogP contribution in [0.1, 0.15) is 11.1 Å². The summed E-state index contributed by atoms with van der Waals surface area (Å²) < 4.78 is 110. The molecule has 0 aliphatic heterocycles. The third-order valence-corrected chi connectivity index (χ3v) is 4.74. The fourth-order valence-corrected chi connectivity index (χ4v) is 3.01. The number of alkyl halides is 6. The Bertz CT molecular complexity index is 1110. The van der Waals surface area contributed by atoms with Crippen LogP contribution in [0.4, 0.5) is 40.8 Å². The highest BCUT2D eigenvalue weighted by molar-refractivity contribution is 5.52. The molecule has 3 aromatic rings. The van der Waals surface area contributed by atoms with Gasteiger partial charge < -0.3 is 14.7 Å². The molecule has 182 valence electrons. The first-order valence-corrected chi connectivity index (χ1v) is 9.72. The summed E-state index contributed by atoms with van der Waals surface area (Å²) in [6.07, 6.45) is -12.6. The largest absolute Gasteiger partial charge is 0.457 e. The summed E-state index contributed by atoms with van der Waals surface area (Å²) in [5, 5.41) is 9.57. The third kappa shape index (κ3) is 6.60. The molecule has 0 aliphatic carbocycles. The van der Waals surface area contributed by atoms with E-state index in [1.54, 1.807) is 0 Å². The Labute approximate surface area is 188 Å². The number of halogens is 8. The zero-order valence-electron chi connectivity index (χ0n) is 17.2. The molecule has 0 fully saturated rings. The molecule has 0 bridgehead atoms. The number of rotatable bonds is 7. The molecule has 1 atom stereocenters. The van der Waals surface area contributed by atoms with E-state index in [1.165, 1.54) is 36.4 Å². The quantitative estimate of drug-likeness (QED) is 0.373. The fourth-order valence-electron chi connectivity index (χ4n) is 3.01. The Morgan fingerprint density at radius 2 is 1.50 bits per heavy atom. The van der Waals surface area contributed by atoms with Gasteiger partial charge in [-0.05, 0) is 48.5 Å². The number of anilines is 1. The second-order valence-electron chi connectivity index (χ2n) is 7.30. The van der Waals surface area contributed by atoms with Crippen LogP contribution in [0.2, 0.25) is 0 Å². The van der Waals surface area contributed by atoms with Crippen LogP contribution in [0, 0.1) is 11.6 Å². The Kier molecular flexibility index (Phi) is 7.35. The second kappa shape index (κ2) is 9.88. The minimum atomic E-state index is -4.99. The van der Waals surface area contributed by atoms with Crippen LogP contribution < -0.4 is 9.64 Å². The lowest BCUT2D eigenvalue weighted by atomic mass is 10.1. The summed E-state index contributed by atoms with van der Waals surface area (Å²) in [4.78, 5) is 0.960. The van der Waals surface area contributed by atoms with E-state index in [1.807, 2.05) is 0 Å². The van der Waals surface area contributed by atoms with Crippen molar-refractivity contribution >= 4 is 5.69 Å². The molecule has 3 nitrogen and oxygen atoms in total. The molecule has 1 unspecified atom stereocenters. The van der Waals surface area contributed by atoms with Gasteiger partial charge in [0, 0.05) is 23.9 Å². The number of ether oxygens (including phenoxy) is 1. The predicted octanol–water partition coefficient (Wildman–Crippen LogP) is 6.71. The van der Waals surface area contributed by atoms with Crippen molar-refractivity contribution in [3.05, 3.63) is 89.5 Å². The van der Waals surface area contributed by atoms with Gasteiger partial charge in [0.1, 0.15) is 23.1 Å². The molecule has 0 aliphatic rings. The molecule has 3 aromatic carbocycles. The van der Waals surface area contributed by atoms with Crippen molar-refractivity contribution in [3.63, 3.8) is 0 Å². The smallest absolute Gasteiger partial charge is 0.416 e. The number of hydrogen-bond donors (Lipinski definition) is 1. The predicted molar refractivity (Wildman–Crippen MR) is 107 cm³/mol. The minimum absolute atomic E-state index is 0.0715. The summed E-state index contributed by atoms with van der Waals surface area (Å²) >= 11 is 0. The lowest BCUT2D eigenvalue weighted by molar-refractivity contribution is -0.200. The average Bonchev–Trinajstić information content (AvgIpc) is 2.75. The molecule has 0 saturated carbocycles. The van der Waals surface area contributed by atoms with Gasteiger partial charge in [0.15, 0.2) is 6.10 Å². The van der Waals surface area contributed by atoms with E-state index >= 15 is 0 Å². The molecule has 3 rings (SSSR count). The topological polar surface area (TPSA) is 32.7 Å². The molecular formula is C23H17F8NO2. The summed E-state index contributed by atoms with van der Waals surface area (Å²) in [7, 11) is 0. The van der Waals surface area contributed by atoms with Gasteiger partial charge >= 0.3 is 12.4 Å². The summed E-state index contributed by atoms with van der Waals surface area (Å²) in [5.74, 6) is -1.40. The molecule has 0 aromatic heterocycles. The van der Waals surface area contributed by atoms with E-state index in [9.17, 15) is 40.2 Å². The second-order valence-corrected chi connectivity index (χ2v) is 7.30. The zero-order valence-corrected chi connectivity index (χ0v) is 17.2. The maximum absolute atomic E-state index is 14.4. The third-order valence-electron chi connectivity index (χ3n) is 4.74. The van der Waals surface area contributed by atoms with Crippen LogP contribution in [0.5, 0.6) is 11.5 Å². The Morgan fingerprint density at radius 1 is 0.824 bits per heavy atom. The molecule has 0 radical (unpaired) electrons. The molecule has 1 N–H and O–H groups in total. The maximum Gasteiger partial charge on any atom is 0.416 e. The minimum Gasteiger partial charge on any atom is -0.457 e. The van der Waals surface area contributed by atoms with Crippen molar-refractivity contribution < 1.29 is 45.0 Å². The van der Waals surface area contributed by atoms with Crippen LogP contribution in [-0.4, -0.2) is 23.9 Å². The van der Waals surface area contributed by atoms with Crippen molar-refractivity contribution in [1.29, 1.82) is 0 Å². The Morgan fingerprint density at radius 3 is 2.09 bits per heavy atom. The van der Waals surface area contributed by atoms with Crippen molar-refractivity contribution in [2.75, 3.05) is 11.4 Å². The summed E-state index contributed by atoms with van der Waals surface area (Å²) in [6.45, 7) is -1.60. The number of aliphatic hydroxyl groups excluding tert-OH is 1. The first-order valence-electron chi connectivity index (χ1n) is 9.72. The monoisotopic (exact) mass is 491 g/mol. The van der Waals surface area contributed by atoms with Crippen molar-refractivity contribution in [2.45, 2.75) is 25.0 Å². The zero-order chi connectivity index (χ0) is 25.1. The molecule has 34 heavy (non-hydrogen) atoms. The van der Waals surface area contributed by atoms with E-state index in [-0.39, 0.29) is 28.8 Å². The van der Waals surface area contributed by atoms with E-state index in [4.69, 9.17) is 4.74 Å². The van der Waals surface area contributed by atoms with Gasteiger partial charge in [0.2, 0.25) is 0 Å². The molecule has 0 spiro atoms. The van der Waals surface area contributed by atoms with E-state index in [2.05, 4.69) is 0 Å². The normalized spacial score (nSPS) is 13.0.